The SMILES string of the molecule is CCCN(C(=O)CCCOc1ccc(C)c(C)c1)C1CCNCC1. The first-order valence-electron chi connectivity index (χ1n) is 9.32. The highest BCUT2D eigenvalue weighted by atomic mass is 16.5. The maximum atomic E-state index is 12.6. The number of aryl methyl sites for hydroxylation is 2. The fraction of sp³-hybridized carbons (Fsp3) is 0.650. The number of hydrogen-bond acceptors (Lipinski definition) is 3. The predicted octanol–water partition coefficient (Wildman–Crippen LogP) is 3.45. The van der Waals surface area contributed by atoms with Crippen molar-refractivity contribution in [2.45, 2.75) is 58.9 Å². The van der Waals surface area contributed by atoms with E-state index in [4.69, 9.17) is 4.74 Å². The Labute approximate surface area is 146 Å². The van der Waals surface area contributed by atoms with Gasteiger partial charge in [-0.2, -0.15) is 0 Å². The van der Waals surface area contributed by atoms with E-state index < -0.39 is 0 Å². The molecule has 0 radical (unpaired) electrons. The maximum absolute atomic E-state index is 12.6. The summed E-state index contributed by atoms with van der Waals surface area (Å²) < 4.78 is 5.80. The number of rotatable bonds is 8. The van der Waals surface area contributed by atoms with Crippen molar-refractivity contribution in [1.29, 1.82) is 0 Å². The Balaban J connectivity index is 1.76. The molecule has 1 saturated heterocycles. The lowest BCUT2D eigenvalue weighted by molar-refractivity contribution is -0.134. The Kier molecular flexibility index (Phi) is 7.57. The highest BCUT2D eigenvalue weighted by Gasteiger charge is 2.24. The lowest BCUT2D eigenvalue weighted by Crippen LogP contribution is -2.46. The summed E-state index contributed by atoms with van der Waals surface area (Å²) in [6, 6.07) is 6.56. The minimum absolute atomic E-state index is 0.285. The highest BCUT2D eigenvalue weighted by Crippen LogP contribution is 2.17. The third-order valence-electron chi connectivity index (χ3n) is 4.82. The molecule has 4 heteroatoms. The molecule has 24 heavy (non-hydrogen) atoms. The second-order valence-electron chi connectivity index (χ2n) is 6.77. The van der Waals surface area contributed by atoms with Crippen LogP contribution in [0.1, 0.15) is 50.2 Å². The van der Waals surface area contributed by atoms with Crippen LogP contribution in [-0.4, -0.2) is 43.1 Å². The van der Waals surface area contributed by atoms with Crippen LogP contribution in [0.2, 0.25) is 0 Å². The molecule has 0 atom stereocenters. The van der Waals surface area contributed by atoms with Crippen molar-refractivity contribution in [3.8, 4) is 5.75 Å². The summed E-state index contributed by atoms with van der Waals surface area (Å²) in [6.07, 6.45) is 4.52. The lowest BCUT2D eigenvalue weighted by atomic mass is 10.0. The zero-order valence-corrected chi connectivity index (χ0v) is 15.4. The van der Waals surface area contributed by atoms with E-state index >= 15 is 0 Å². The summed E-state index contributed by atoms with van der Waals surface area (Å²) in [5.41, 5.74) is 2.51. The van der Waals surface area contributed by atoms with Gasteiger partial charge in [-0.3, -0.25) is 4.79 Å². The van der Waals surface area contributed by atoms with Crippen molar-refractivity contribution >= 4 is 5.91 Å². The third-order valence-corrected chi connectivity index (χ3v) is 4.82. The molecule has 0 saturated carbocycles. The Morgan fingerprint density at radius 1 is 1.25 bits per heavy atom. The van der Waals surface area contributed by atoms with Crippen molar-refractivity contribution in [3.63, 3.8) is 0 Å². The van der Waals surface area contributed by atoms with Crippen LogP contribution in [0, 0.1) is 13.8 Å². The van der Waals surface area contributed by atoms with Crippen LogP contribution in [0.15, 0.2) is 18.2 Å². The molecule has 1 aliphatic heterocycles. The Morgan fingerprint density at radius 3 is 2.67 bits per heavy atom. The van der Waals surface area contributed by atoms with Gasteiger partial charge in [0.05, 0.1) is 6.61 Å². The Morgan fingerprint density at radius 2 is 2.00 bits per heavy atom. The average Bonchev–Trinajstić information content (AvgIpc) is 2.60. The largest absolute Gasteiger partial charge is 0.494 e. The molecule has 0 unspecified atom stereocenters. The van der Waals surface area contributed by atoms with E-state index in [-0.39, 0.29) is 5.91 Å². The zero-order chi connectivity index (χ0) is 17.4. The molecule has 134 valence electrons. The summed E-state index contributed by atoms with van der Waals surface area (Å²) in [7, 11) is 0. The van der Waals surface area contributed by atoms with E-state index in [1.165, 1.54) is 11.1 Å². The number of hydrogen-bond donors (Lipinski definition) is 1. The van der Waals surface area contributed by atoms with Gasteiger partial charge >= 0.3 is 0 Å². The smallest absolute Gasteiger partial charge is 0.222 e. The molecule has 0 aliphatic carbocycles. The summed E-state index contributed by atoms with van der Waals surface area (Å²) in [5.74, 6) is 1.18. The molecule has 1 heterocycles. The van der Waals surface area contributed by atoms with Crippen LogP contribution in [0.5, 0.6) is 5.75 Å². The van der Waals surface area contributed by atoms with Gasteiger partial charge in [-0.25, -0.2) is 0 Å². The molecular weight excluding hydrogens is 300 g/mol. The minimum Gasteiger partial charge on any atom is -0.494 e. The topological polar surface area (TPSA) is 41.6 Å². The molecule has 1 fully saturated rings. The quantitative estimate of drug-likeness (QED) is 0.741. The number of nitrogens with zero attached hydrogens (tertiary/aromatic N) is 1. The molecule has 1 aromatic carbocycles. The number of ether oxygens (including phenoxy) is 1. The normalized spacial score (nSPS) is 15.3. The van der Waals surface area contributed by atoms with E-state index in [0.717, 1.165) is 51.1 Å². The van der Waals surface area contributed by atoms with E-state index in [1.807, 2.05) is 6.07 Å². The van der Waals surface area contributed by atoms with Gasteiger partial charge < -0.3 is 15.0 Å². The standard InChI is InChI=1S/C20H32N2O2/c1-4-13-22(18-9-11-21-12-10-18)20(23)6-5-14-24-19-8-7-16(2)17(3)15-19/h7-8,15,18,21H,4-6,9-14H2,1-3H3. The van der Waals surface area contributed by atoms with E-state index in [9.17, 15) is 4.79 Å². The molecule has 0 aromatic heterocycles. The van der Waals surface area contributed by atoms with Gasteiger partial charge in [0.1, 0.15) is 5.75 Å². The predicted molar refractivity (Wildman–Crippen MR) is 98.5 cm³/mol. The van der Waals surface area contributed by atoms with E-state index in [1.54, 1.807) is 0 Å². The number of amides is 1. The molecule has 0 bridgehead atoms. The number of piperidine rings is 1. The van der Waals surface area contributed by atoms with Gasteiger partial charge in [0.15, 0.2) is 0 Å². The molecular formula is C20H32N2O2. The van der Waals surface area contributed by atoms with Crippen LogP contribution >= 0.6 is 0 Å². The third kappa shape index (κ3) is 5.52. The van der Waals surface area contributed by atoms with Gasteiger partial charge in [-0.05, 0) is 75.9 Å². The molecule has 1 aliphatic rings. The van der Waals surface area contributed by atoms with Crippen LogP contribution in [0.25, 0.3) is 0 Å². The molecule has 4 nitrogen and oxygen atoms in total. The molecule has 2 rings (SSSR count). The average molecular weight is 332 g/mol. The second-order valence-corrected chi connectivity index (χ2v) is 6.77. The molecule has 0 spiro atoms. The zero-order valence-electron chi connectivity index (χ0n) is 15.4. The van der Waals surface area contributed by atoms with Gasteiger partial charge in [-0.15, -0.1) is 0 Å². The Hall–Kier alpha value is -1.55. The molecule has 1 amide bonds. The number of carbonyl (C=O) groups is 1. The Bertz CT molecular complexity index is 524. The van der Waals surface area contributed by atoms with Gasteiger partial charge in [-0.1, -0.05) is 13.0 Å². The summed E-state index contributed by atoms with van der Waals surface area (Å²) in [6.45, 7) is 9.85. The van der Waals surface area contributed by atoms with Crippen molar-refractivity contribution in [2.24, 2.45) is 0 Å². The highest BCUT2D eigenvalue weighted by molar-refractivity contribution is 5.76. The van der Waals surface area contributed by atoms with Crippen molar-refractivity contribution in [2.75, 3.05) is 26.2 Å². The maximum Gasteiger partial charge on any atom is 0.222 e. The number of benzene rings is 1. The monoisotopic (exact) mass is 332 g/mol. The van der Waals surface area contributed by atoms with Gasteiger partial charge in [0.25, 0.3) is 0 Å². The van der Waals surface area contributed by atoms with Gasteiger partial charge in [0, 0.05) is 19.0 Å². The van der Waals surface area contributed by atoms with E-state index in [2.05, 4.69) is 43.1 Å². The van der Waals surface area contributed by atoms with Gasteiger partial charge in [0.2, 0.25) is 5.91 Å². The second kappa shape index (κ2) is 9.67. The fourth-order valence-corrected chi connectivity index (χ4v) is 3.23. The summed E-state index contributed by atoms with van der Waals surface area (Å²) >= 11 is 0. The summed E-state index contributed by atoms with van der Waals surface area (Å²) in [5, 5.41) is 3.37. The van der Waals surface area contributed by atoms with Crippen molar-refractivity contribution in [3.05, 3.63) is 29.3 Å². The molecule has 1 N–H and O–H groups in total. The number of nitrogens with one attached hydrogen (secondary N) is 1. The van der Waals surface area contributed by atoms with Crippen LogP contribution < -0.4 is 10.1 Å². The first-order chi connectivity index (χ1) is 11.6. The first-order valence-corrected chi connectivity index (χ1v) is 9.32. The first kappa shape index (κ1) is 18.8. The van der Waals surface area contributed by atoms with Crippen molar-refractivity contribution in [1.82, 2.24) is 10.2 Å². The van der Waals surface area contributed by atoms with Crippen LogP contribution in [0.3, 0.4) is 0 Å². The molecule has 1 aromatic rings. The van der Waals surface area contributed by atoms with Crippen molar-refractivity contribution < 1.29 is 9.53 Å². The van der Waals surface area contributed by atoms with Crippen LogP contribution in [-0.2, 0) is 4.79 Å². The number of carbonyl (C=O) groups excluding carboxylic acids is 1. The fourth-order valence-electron chi connectivity index (χ4n) is 3.23. The van der Waals surface area contributed by atoms with E-state index in [0.29, 0.717) is 19.1 Å². The lowest BCUT2D eigenvalue weighted by Gasteiger charge is -2.34. The summed E-state index contributed by atoms with van der Waals surface area (Å²) in [4.78, 5) is 14.7. The van der Waals surface area contributed by atoms with Crippen LogP contribution in [0.4, 0.5) is 0 Å². The minimum atomic E-state index is 0.285.